The number of para-hydroxylation sites is 1. The van der Waals surface area contributed by atoms with Gasteiger partial charge in [0.2, 0.25) is 5.95 Å². The summed E-state index contributed by atoms with van der Waals surface area (Å²) >= 11 is 0. The van der Waals surface area contributed by atoms with Gasteiger partial charge in [-0.2, -0.15) is 9.97 Å². The van der Waals surface area contributed by atoms with Crippen molar-refractivity contribution in [3.63, 3.8) is 0 Å². The summed E-state index contributed by atoms with van der Waals surface area (Å²) in [6.07, 6.45) is 2.32. The molecule has 2 N–H and O–H groups in total. The fourth-order valence-electron chi connectivity index (χ4n) is 1.78. The van der Waals surface area contributed by atoms with Gasteiger partial charge in [-0.1, -0.05) is 31.2 Å². The van der Waals surface area contributed by atoms with E-state index in [2.05, 4.69) is 27.4 Å². The van der Waals surface area contributed by atoms with E-state index in [-0.39, 0.29) is 11.6 Å². The minimum atomic E-state index is -0.356. The molecule has 1 heterocycles. The van der Waals surface area contributed by atoms with Crippen LogP contribution in [-0.2, 0) is 6.42 Å². The van der Waals surface area contributed by atoms with Crippen molar-refractivity contribution < 1.29 is 0 Å². The molecule has 0 radical (unpaired) electrons. The Labute approximate surface area is 117 Å². The van der Waals surface area contributed by atoms with Crippen LogP contribution in [0.3, 0.4) is 0 Å². The predicted octanol–water partition coefficient (Wildman–Crippen LogP) is 1.29. The summed E-state index contributed by atoms with van der Waals surface area (Å²) in [7, 11) is 0. The van der Waals surface area contributed by atoms with Crippen molar-refractivity contribution in [2.75, 3.05) is 12.0 Å². The monoisotopic (exact) mass is 271 g/mol. The summed E-state index contributed by atoms with van der Waals surface area (Å²) < 4.78 is 1.51. The summed E-state index contributed by atoms with van der Waals surface area (Å²) in [4.78, 5) is 20.4. The van der Waals surface area contributed by atoms with E-state index in [1.54, 1.807) is 6.08 Å². The fourth-order valence-corrected chi connectivity index (χ4v) is 1.78. The van der Waals surface area contributed by atoms with Crippen molar-refractivity contribution in [3.8, 4) is 5.69 Å². The normalized spacial score (nSPS) is 10.2. The summed E-state index contributed by atoms with van der Waals surface area (Å²) in [6.45, 7) is 6.08. The predicted molar refractivity (Wildman–Crippen MR) is 78.8 cm³/mol. The van der Waals surface area contributed by atoms with Crippen LogP contribution in [-0.4, -0.2) is 21.1 Å². The lowest BCUT2D eigenvalue weighted by molar-refractivity contribution is 0.754. The van der Waals surface area contributed by atoms with Crippen molar-refractivity contribution in [1.82, 2.24) is 20.0 Å². The second-order valence-corrected chi connectivity index (χ2v) is 4.07. The molecule has 0 aliphatic carbocycles. The molecule has 1 aromatic heterocycles. The van der Waals surface area contributed by atoms with Gasteiger partial charge in [-0.3, -0.25) is 5.43 Å². The van der Waals surface area contributed by atoms with Crippen molar-refractivity contribution >= 4 is 5.95 Å². The van der Waals surface area contributed by atoms with Crippen LogP contribution >= 0.6 is 0 Å². The number of anilines is 1. The molecule has 0 amide bonds. The first-order chi connectivity index (χ1) is 9.76. The van der Waals surface area contributed by atoms with Crippen LogP contribution in [0, 0.1) is 0 Å². The Kier molecular flexibility index (Phi) is 4.62. The molecule has 0 unspecified atom stereocenters. The van der Waals surface area contributed by atoms with Crippen LogP contribution in [0.25, 0.3) is 5.69 Å². The molecule has 2 aromatic rings. The molecule has 0 aliphatic heterocycles. The summed E-state index contributed by atoms with van der Waals surface area (Å²) in [5, 5.41) is 0. The van der Waals surface area contributed by atoms with E-state index < -0.39 is 0 Å². The van der Waals surface area contributed by atoms with Gasteiger partial charge in [0.15, 0.2) is 0 Å². The van der Waals surface area contributed by atoms with E-state index in [0.717, 1.165) is 5.69 Å². The first kappa shape index (κ1) is 14.0. The van der Waals surface area contributed by atoms with E-state index in [1.807, 2.05) is 37.3 Å². The van der Waals surface area contributed by atoms with Crippen LogP contribution in [0.15, 0.2) is 47.8 Å². The van der Waals surface area contributed by atoms with Gasteiger partial charge in [-0.15, -0.1) is 6.58 Å². The lowest BCUT2D eigenvalue weighted by Gasteiger charge is -2.12. The molecule has 104 valence electrons. The quantitative estimate of drug-likeness (QED) is 0.470. The minimum Gasteiger partial charge on any atom is -0.289 e. The highest BCUT2D eigenvalue weighted by Gasteiger charge is 2.09. The molecule has 0 atom stereocenters. The van der Waals surface area contributed by atoms with Crippen LogP contribution in [0.5, 0.6) is 0 Å². The Bertz CT molecular complexity index is 636. The smallest absolute Gasteiger partial charge is 0.289 e. The summed E-state index contributed by atoms with van der Waals surface area (Å²) in [6, 6.07) is 9.36. The average Bonchev–Trinajstić information content (AvgIpc) is 2.47. The Morgan fingerprint density at radius 2 is 2.05 bits per heavy atom. The molecule has 0 bridgehead atoms. The Morgan fingerprint density at radius 1 is 1.30 bits per heavy atom. The largest absolute Gasteiger partial charge is 0.356 e. The zero-order valence-corrected chi connectivity index (χ0v) is 11.3. The number of hydrazine groups is 1. The third-order valence-corrected chi connectivity index (χ3v) is 2.66. The highest BCUT2D eigenvalue weighted by molar-refractivity contribution is 5.34. The first-order valence-electron chi connectivity index (χ1n) is 6.41. The van der Waals surface area contributed by atoms with E-state index in [4.69, 9.17) is 0 Å². The van der Waals surface area contributed by atoms with E-state index in [1.165, 1.54) is 4.57 Å². The maximum absolute atomic E-state index is 12.2. The number of aromatic nitrogens is 3. The lowest BCUT2D eigenvalue weighted by Crippen LogP contribution is -2.31. The molecular weight excluding hydrogens is 254 g/mol. The minimum absolute atomic E-state index is 0.265. The van der Waals surface area contributed by atoms with Crippen molar-refractivity contribution in [1.29, 1.82) is 0 Å². The standard InChI is InChI=1S/C14H17N5O/c1-3-10-15-18-13-16-12(4-2)19(14(20)17-13)11-8-6-5-7-9-11/h3,5-9,15H,1,4,10H2,2H3,(H,17,18,20). The Hall–Kier alpha value is -2.47. The fraction of sp³-hybridized carbons (Fsp3) is 0.214. The number of benzene rings is 1. The molecule has 0 fully saturated rings. The SMILES string of the molecule is C=CCNNc1nc(CC)n(-c2ccccc2)c(=O)n1. The topological polar surface area (TPSA) is 71.8 Å². The van der Waals surface area contributed by atoms with Crippen LogP contribution in [0.2, 0.25) is 0 Å². The van der Waals surface area contributed by atoms with Crippen molar-refractivity contribution in [2.45, 2.75) is 13.3 Å². The Balaban J connectivity index is 2.39. The second-order valence-electron chi connectivity index (χ2n) is 4.07. The average molecular weight is 271 g/mol. The van der Waals surface area contributed by atoms with E-state index >= 15 is 0 Å². The highest BCUT2D eigenvalue weighted by Crippen LogP contribution is 2.08. The second kappa shape index (κ2) is 6.63. The molecule has 20 heavy (non-hydrogen) atoms. The summed E-state index contributed by atoms with van der Waals surface area (Å²) in [5.74, 6) is 0.917. The maximum atomic E-state index is 12.2. The molecule has 0 spiro atoms. The third-order valence-electron chi connectivity index (χ3n) is 2.66. The number of hydrogen-bond acceptors (Lipinski definition) is 5. The molecule has 6 nitrogen and oxygen atoms in total. The van der Waals surface area contributed by atoms with Gasteiger partial charge < -0.3 is 0 Å². The van der Waals surface area contributed by atoms with Gasteiger partial charge in [-0.25, -0.2) is 14.8 Å². The van der Waals surface area contributed by atoms with E-state index in [9.17, 15) is 4.79 Å². The first-order valence-corrected chi connectivity index (χ1v) is 6.41. The third kappa shape index (κ3) is 3.10. The maximum Gasteiger partial charge on any atom is 0.356 e. The molecule has 0 aliphatic rings. The van der Waals surface area contributed by atoms with Gasteiger partial charge in [-0.05, 0) is 12.1 Å². The molecule has 1 aromatic carbocycles. The van der Waals surface area contributed by atoms with E-state index in [0.29, 0.717) is 18.8 Å². The van der Waals surface area contributed by atoms with Crippen LogP contribution in [0.4, 0.5) is 5.95 Å². The van der Waals surface area contributed by atoms with Crippen LogP contribution in [0.1, 0.15) is 12.7 Å². The van der Waals surface area contributed by atoms with Gasteiger partial charge in [0.05, 0.1) is 5.69 Å². The van der Waals surface area contributed by atoms with Gasteiger partial charge >= 0.3 is 5.69 Å². The Morgan fingerprint density at radius 3 is 2.70 bits per heavy atom. The number of nitrogens with zero attached hydrogens (tertiary/aromatic N) is 3. The lowest BCUT2D eigenvalue weighted by atomic mass is 10.3. The number of hydrogen-bond donors (Lipinski definition) is 2. The van der Waals surface area contributed by atoms with Crippen LogP contribution < -0.4 is 16.5 Å². The zero-order chi connectivity index (χ0) is 14.4. The number of aryl methyl sites for hydroxylation is 1. The van der Waals surface area contributed by atoms with Gasteiger partial charge in [0, 0.05) is 13.0 Å². The van der Waals surface area contributed by atoms with Crippen molar-refractivity contribution in [2.24, 2.45) is 0 Å². The summed E-state index contributed by atoms with van der Waals surface area (Å²) in [5.41, 5.74) is 6.04. The molecular formula is C14H17N5O. The number of nitrogens with one attached hydrogen (secondary N) is 2. The molecule has 0 saturated heterocycles. The molecule has 0 saturated carbocycles. The molecule has 6 heteroatoms. The highest BCUT2D eigenvalue weighted by atomic mass is 16.1. The van der Waals surface area contributed by atoms with Crippen molar-refractivity contribution in [3.05, 3.63) is 59.3 Å². The number of rotatable bonds is 6. The van der Waals surface area contributed by atoms with Gasteiger partial charge in [0.1, 0.15) is 5.82 Å². The molecule has 2 rings (SSSR count). The zero-order valence-electron chi connectivity index (χ0n) is 11.3. The van der Waals surface area contributed by atoms with Gasteiger partial charge in [0.25, 0.3) is 0 Å².